The molecule has 2 heterocycles. The van der Waals surface area contributed by atoms with Crippen LogP contribution in [0.4, 0.5) is 0 Å². The van der Waals surface area contributed by atoms with Crippen LogP contribution in [0.15, 0.2) is 24.3 Å². The molecule has 1 saturated heterocycles. The molecular formula is C16H17ClN2O3. The largest absolute Gasteiger partial charge is 0.466 e. The maximum atomic E-state index is 11.2. The first-order valence-corrected chi connectivity index (χ1v) is 7.67. The molecule has 0 spiro atoms. The SMILES string of the molecule is COC(=O)/C=C/c1ccc2nc(CCl)n(C[C@@H]3CCO3)c2c1. The minimum absolute atomic E-state index is 0.230. The Bertz CT molecular complexity index is 719. The van der Waals surface area contributed by atoms with Gasteiger partial charge in [-0.25, -0.2) is 9.78 Å². The Balaban J connectivity index is 1.95. The van der Waals surface area contributed by atoms with E-state index in [-0.39, 0.29) is 12.1 Å². The lowest BCUT2D eigenvalue weighted by atomic mass is 10.1. The number of halogens is 1. The zero-order valence-electron chi connectivity index (χ0n) is 12.3. The van der Waals surface area contributed by atoms with Crippen LogP contribution in [0.5, 0.6) is 0 Å². The van der Waals surface area contributed by atoms with Crippen molar-refractivity contribution in [1.82, 2.24) is 9.55 Å². The van der Waals surface area contributed by atoms with Crippen molar-refractivity contribution in [2.75, 3.05) is 13.7 Å². The lowest BCUT2D eigenvalue weighted by molar-refractivity contribution is -0.134. The number of hydrogen-bond donors (Lipinski definition) is 0. The van der Waals surface area contributed by atoms with E-state index in [0.29, 0.717) is 5.88 Å². The molecule has 22 heavy (non-hydrogen) atoms. The van der Waals surface area contributed by atoms with E-state index in [9.17, 15) is 4.79 Å². The summed E-state index contributed by atoms with van der Waals surface area (Å²) in [7, 11) is 1.36. The fourth-order valence-electron chi connectivity index (χ4n) is 2.46. The van der Waals surface area contributed by atoms with Gasteiger partial charge in [-0.2, -0.15) is 0 Å². The average molecular weight is 321 g/mol. The van der Waals surface area contributed by atoms with Crippen molar-refractivity contribution in [2.45, 2.75) is 24.9 Å². The molecule has 0 bridgehead atoms. The molecule has 0 amide bonds. The highest BCUT2D eigenvalue weighted by Gasteiger charge is 2.21. The number of methoxy groups -OCH3 is 1. The highest BCUT2D eigenvalue weighted by molar-refractivity contribution is 6.16. The van der Waals surface area contributed by atoms with Crippen LogP contribution in [0.25, 0.3) is 17.1 Å². The second kappa shape index (κ2) is 6.50. The summed E-state index contributed by atoms with van der Waals surface area (Å²) in [6.45, 7) is 1.57. The van der Waals surface area contributed by atoms with E-state index in [4.69, 9.17) is 16.3 Å². The number of hydrogen-bond acceptors (Lipinski definition) is 4. The number of rotatable bonds is 5. The average Bonchev–Trinajstić information content (AvgIpc) is 2.85. The molecule has 2 aromatic rings. The Morgan fingerprint density at radius 1 is 1.59 bits per heavy atom. The second-order valence-electron chi connectivity index (χ2n) is 5.16. The van der Waals surface area contributed by atoms with Gasteiger partial charge in [0, 0.05) is 12.7 Å². The van der Waals surface area contributed by atoms with Gasteiger partial charge in [-0.05, 0) is 30.2 Å². The molecule has 0 N–H and O–H groups in total. The van der Waals surface area contributed by atoms with E-state index in [1.807, 2.05) is 18.2 Å². The van der Waals surface area contributed by atoms with Crippen LogP contribution in [-0.2, 0) is 26.7 Å². The molecule has 1 aliphatic heterocycles. The molecule has 1 aromatic carbocycles. The number of imidazole rings is 1. The van der Waals surface area contributed by atoms with Gasteiger partial charge in [-0.1, -0.05) is 6.07 Å². The van der Waals surface area contributed by atoms with Crippen molar-refractivity contribution in [2.24, 2.45) is 0 Å². The Hall–Kier alpha value is -1.85. The Morgan fingerprint density at radius 2 is 2.41 bits per heavy atom. The number of ether oxygens (including phenoxy) is 2. The third-order valence-electron chi connectivity index (χ3n) is 3.76. The first-order valence-electron chi connectivity index (χ1n) is 7.14. The number of carbonyl (C=O) groups excluding carboxylic acids is 1. The standard InChI is InChI=1S/C16H17ClN2O3/c1-21-16(20)5-3-11-2-4-13-14(8-11)19(15(9-17)18-13)10-12-6-7-22-12/h2-5,8,12H,6-7,9-10H2,1H3/b5-3+/t12-/m0/s1. The van der Waals surface area contributed by atoms with Crippen molar-refractivity contribution in [3.63, 3.8) is 0 Å². The second-order valence-corrected chi connectivity index (χ2v) is 5.43. The van der Waals surface area contributed by atoms with Gasteiger partial charge in [0.15, 0.2) is 0 Å². The van der Waals surface area contributed by atoms with Gasteiger partial charge >= 0.3 is 5.97 Å². The number of alkyl halides is 1. The van der Waals surface area contributed by atoms with Crippen LogP contribution >= 0.6 is 11.6 Å². The third-order valence-corrected chi connectivity index (χ3v) is 4.00. The molecule has 6 heteroatoms. The molecule has 116 valence electrons. The fraction of sp³-hybridized carbons (Fsp3) is 0.375. The summed E-state index contributed by atoms with van der Waals surface area (Å²) in [4.78, 5) is 15.8. The van der Waals surface area contributed by atoms with Crippen molar-refractivity contribution < 1.29 is 14.3 Å². The van der Waals surface area contributed by atoms with E-state index in [0.717, 1.165) is 42.0 Å². The number of benzene rings is 1. The molecule has 5 nitrogen and oxygen atoms in total. The lowest BCUT2D eigenvalue weighted by Crippen LogP contribution is -2.31. The topological polar surface area (TPSA) is 53.3 Å². The summed E-state index contributed by atoms with van der Waals surface area (Å²) in [5.41, 5.74) is 2.80. The van der Waals surface area contributed by atoms with Crippen LogP contribution in [0, 0.1) is 0 Å². The first kappa shape index (κ1) is 15.1. The van der Waals surface area contributed by atoms with Crippen LogP contribution in [0.1, 0.15) is 17.8 Å². The van der Waals surface area contributed by atoms with Crippen molar-refractivity contribution in [1.29, 1.82) is 0 Å². The zero-order valence-corrected chi connectivity index (χ0v) is 13.0. The van der Waals surface area contributed by atoms with Crippen molar-refractivity contribution in [3.8, 4) is 0 Å². The van der Waals surface area contributed by atoms with Crippen LogP contribution in [0.3, 0.4) is 0 Å². The summed E-state index contributed by atoms with van der Waals surface area (Å²) >= 11 is 6.01. The van der Waals surface area contributed by atoms with E-state index in [1.54, 1.807) is 6.08 Å². The maximum absolute atomic E-state index is 11.2. The smallest absolute Gasteiger partial charge is 0.330 e. The number of carbonyl (C=O) groups is 1. The van der Waals surface area contributed by atoms with Crippen LogP contribution in [-0.4, -0.2) is 35.3 Å². The maximum Gasteiger partial charge on any atom is 0.330 e. The number of esters is 1. The van der Waals surface area contributed by atoms with Crippen molar-refractivity contribution in [3.05, 3.63) is 35.7 Å². The molecule has 1 fully saturated rings. The highest BCUT2D eigenvalue weighted by atomic mass is 35.5. The Labute approximate surface area is 133 Å². The van der Waals surface area contributed by atoms with Gasteiger partial charge in [-0.3, -0.25) is 0 Å². The van der Waals surface area contributed by atoms with Gasteiger partial charge < -0.3 is 14.0 Å². The predicted molar refractivity (Wildman–Crippen MR) is 84.7 cm³/mol. The fourth-order valence-corrected chi connectivity index (χ4v) is 2.67. The van der Waals surface area contributed by atoms with E-state index < -0.39 is 0 Å². The van der Waals surface area contributed by atoms with Gasteiger partial charge in [-0.15, -0.1) is 11.6 Å². The molecular weight excluding hydrogens is 304 g/mol. The number of aromatic nitrogens is 2. The highest BCUT2D eigenvalue weighted by Crippen LogP contribution is 2.23. The Morgan fingerprint density at radius 3 is 3.05 bits per heavy atom. The van der Waals surface area contributed by atoms with Crippen molar-refractivity contribution >= 4 is 34.7 Å². The molecule has 1 aliphatic rings. The van der Waals surface area contributed by atoms with E-state index >= 15 is 0 Å². The summed E-state index contributed by atoms with van der Waals surface area (Å²) in [5.74, 6) is 0.813. The quantitative estimate of drug-likeness (QED) is 0.483. The van der Waals surface area contributed by atoms with E-state index in [1.165, 1.54) is 13.2 Å². The van der Waals surface area contributed by atoms with Gasteiger partial charge in [0.1, 0.15) is 5.82 Å². The molecule has 3 rings (SSSR count). The molecule has 0 unspecified atom stereocenters. The number of fused-ring (bicyclic) bond motifs is 1. The Kier molecular flexibility index (Phi) is 4.45. The number of nitrogens with zero attached hydrogens (tertiary/aromatic N) is 2. The monoisotopic (exact) mass is 320 g/mol. The summed E-state index contributed by atoms with van der Waals surface area (Å²) < 4.78 is 12.2. The van der Waals surface area contributed by atoms with Crippen LogP contribution in [0.2, 0.25) is 0 Å². The molecule has 0 aliphatic carbocycles. The predicted octanol–water partition coefficient (Wildman–Crippen LogP) is 2.75. The lowest BCUT2D eigenvalue weighted by Gasteiger charge is -2.27. The molecule has 0 radical (unpaired) electrons. The first-order chi connectivity index (χ1) is 10.7. The molecule has 0 saturated carbocycles. The van der Waals surface area contributed by atoms with Crippen LogP contribution < -0.4 is 0 Å². The summed E-state index contributed by atoms with van der Waals surface area (Å²) in [5, 5.41) is 0. The molecule has 1 aromatic heterocycles. The zero-order chi connectivity index (χ0) is 15.5. The van der Waals surface area contributed by atoms with Gasteiger partial charge in [0.05, 0.1) is 36.7 Å². The summed E-state index contributed by atoms with van der Waals surface area (Å²) in [6.07, 6.45) is 4.42. The summed E-state index contributed by atoms with van der Waals surface area (Å²) in [6, 6.07) is 5.84. The normalized spacial score (nSPS) is 17.8. The minimum atomic E-state index is -0.377. The van der Waals surface area contributed by atoms with Gasteiger partial charge in [0.2, 0.25) is 0 Å². The van der Waals surface area contributed by atoms with E-state index in [2.05, 4.69) is 14.3 Å². The minimum Gasteiger partial charge on any atom is -0.466 e. The third kappa shape index (κ3) is 3.00. The molecule has 1 atom stereocenters. The van der Waals surface area contributed by atoms with Gasteiger partial charge in [0.25, 0.3) is 0 Å².